The fraction of sp³-hybridized carbons (Fsp3) is 0.727. The molecule has 15 heavy (non-hydrogen) atoms. The van der Waals surface area contributed by atoms with Crippen molar-refractivity contribution in [3.8, 4) is 0 Å². The van der Waals surface area contributed by atoms with Crippen LogP contribution in [0.25, 0.3) is 0 Å². The summed E-state index contributed by atoms with van der Waals surface area (Å²) in [7, 11) is 3.72. The lowest BCUT2D eigenvalue weighted by Crippen LogP contribution is -2.30. The number of aromatic nitrogens is 1. The van der Waals surface area contributed by atoms with Crippen LogP contribution >= 0.6 is 11.3 Å². The molecule has 0 saturated carbocycles. The van der Waals surface area contributed by atoms with Crippen LogP contribution in [0.1, 0.15) is 37.0 Å². The van der Waals surface area contributed by atoms with Crippen molar-refractivity contribution in [1.82, 2.24) is 10.3 Å². The molecule has 0 amide bonds. The Kier molecular flexibility index (Phi) is 4.25. The molecule has 0 aromatic carbocycles. The SMILES string of the molecule is CNC(CC(C)(C)OC)c1nc(C)cs1. The van der Waals surface area contributed by atoms with Gasteiger partial charge in [0.2, 0.25) is 0 Å². The van der Waals surface area contributed by atoms with Crippen LogP contribution in [0.5, 0.6) is 0 Å². The Morgan fingerprint density at radius 3 is 2.67 bits per heavy atom. The zero-order chi connectivity index (χ0) is 11.5. The van der Waals surface area contributed by atoms with Gasteiger partial charge in [-0.05, 0) is 34.2 Å². The highest BCUT2D eigenvalue weighted by Crippen LogP contribution is 2.27. The zero-order valence-corrected chi connectivity index (χ0v) is 10.9. The first-order valence-corrected chi connectivity index (χ1v) is 6.01. The monoisotopic (exact) mass is 228 g/mol. The topological polar surface area (TPSA) is 34.1 Å². The molecule has 1 atom stereocenters. The normalized spacial score (nSPS) is 14.2. The lowest BCUT2D eigenvalue weighted by molar-refractivity contribution is 0.00742. The number of thiazole rings is 1. The van der Waals surface area contributed by atoms with Crippen LogP contribution in [0.4, 0.5) is 0 Å². The molecule has 1 aromatic heterocycles. The fourth-order valence-electron chi connectivity index (χ4n) is 1.42. The van der Waals surface area contributed by atoms with Crippen LogP contribution < -0.4 is 5.32 Å². The van der Waals surface area contributed by atoms with E-state index in [1.807, 2.05) is 14.0 Å². The highest BCUT2D eigenvalue weighted by atomic mass is 32.1. The second-order valence-corrected chi connectivity index (χ2v) is 5.23. The van der Waals surface area contributed by atoms with Crippen LogP contribution in [0, 0.1) is 6.92 Å². The van der Waals surface area contributed by atoms with Gasteiger partial charge in [-0.3, -0.25) is 0 Å². The first kappa shape index (κ1) is 12.6. The average molecular weight is 228 g/mol. The standard InChI is InChI=1S/C11H20N2OS/c1-8-7-15-10(13-8)9(12-4)6-11(2,3)14-5/h7,9,12H,6H2,1-5H3. The predicted octanol–water partition coefficient (Wildman–Crippen LogP) is 2.53. The highest BCUT2D eigenvalue weighted by molar-refractivity contribution is 7.09. The number of rotatable bonds is 5. The molecule has 0 saturated heterocycles. The van der Waals surface area contributed by atoms with Crippen LogP contribution in [-0.2, 0) is 4.74 Å². The molecule has 4 heteroatoms. The molecule has 0 bridgehead atoms. The second kappa shape index (κ2) is 5.05. The lowest BCUT2D eigenvalue weighted by Gasteiger charge is -2.27. The summed E-state index contributed by atoms with van der Waals surface area (Å²) in [6.45, 7) is 6.21. The Bertz CT molecular complexity index is 309. The van der Waals surface area contributed by atoms with Gasteiger partial charge in [-0.25, -0.2) is 4.98 Å². The Labute approximate surface area is 95.9 Å². The van der Waals surface area contributed by atoms with Gasteiger partial charge in [0, 0.05) is 18.2 Å². The summed E-state index contributed by atoms with van der Waals surface area (Å²) in [5.41, 5.74) is 0.971. The van der Waals surface area contributed by atoms with Gasteiger partial charge in [-0.15, -0.1) is 11.3 Å². The molecule has 0 aliphatic heterocycles. The van der Waals surface area contributed by atoms with Crippen molar-refractivity contribution in [3.63, 3.8) is 0 Å². The summed E-state index contributed by atoms with van der Waals surface area (Å²) < 4.78 is 5.44. The molecule has 1 unspecified atom stereocenters. The molecule has 1 rings (SSSR count). The third kappa shape index (κ3) is 3.55. The molecule has 0 aliphatic carbocycles. The van der Waals surface area contributed by atoms with Crippen LogP contribution in [0.3, 0.4) is 0 Å². The van der Waals surface area contributed by atoms with E-state index in [1.165, 1.54) is 0 Å². The van der Waals surface area contributed by atoms with Crippen molar-refractivity contribution in [2.45, 2.75) is 38.8 Å². The molecule has 0 aliphatic rings. The third-order valence-corrected chi connectivity index (χ3v) is 3.61. The maximum absolute atomic E-state index is 5.44. The highest BCUT2D eigenvalue weighted by Gasteiger charge is 2.24. The number of ether oxygens (including phenoxy) is 1. The largest absolute Gasteiger partial charge is 0.379 e. The van der Waals surface area contributed by atoms with Gasteiger partial charge < -0.3 is 10.1 Å². The summed E-state index contributed by atoms with van der Waals surface area (Å²) in [5.74, 6) is 0. The van der Waals surface area contributed by atoms with E-state index in [4.69, 9.17) is 4.74 Å². The van der Waals surface area contributed by atoms with E-state index in [9.17, 15) is 0 Å². The van der Waals surface area contributed by atoms with Crippen LogP contribution in [0.15, 0.2) is 5.38 Å². The maximum atomic E-state index is 5.44. The Hall–Kier alpha value is -0.450. The number of hydrogen-bond acceptors (Lipinski definition) is 4. The number of nitrogens with one attached hydrogen (secondary N) is 1. The van der Waals surface area contributed by atoms with E-state index in [-0.39, 0.29) is 11.6 Å². The molecule has 0 fully saturated rings. The molecule has 1 N–H and O–H groups in total. The van der Waals surface area contributed by atoms with Crippen molar-refractivity contribution < 1.29 is 4.74 Å². The van der Waals surface area contributed by atoms with E-state index in [2.05, 4.69) is 29.5 Å². The number of hydrogen-bond donors (Lipinski definition) is 1. The van der Waals surface area contributed by atoms with Gasteiger partial charge in [-0.2, -0.15) is 0 Å². The van der Waals surface area contributed by atoms with Gasteiger partial charge >= 0.3 is 0 Å². The van der Waals surface area contributed by atoms with E-state index < -0.39 is 0 Å². The predicted molar refractivity (Wildman–Crippen MR) is 64.4 cm³/mol. The van der Waals surface area contributed by atoms with E-state index >= 15 is 0 Å². The quantitative estimate of drug-likeness (QED) is 0.841. The Morgan fingerprint density at radius 2 is 2.27 bits per heavy atom. The first-order valence-electron chi connectivity index (χ1n) is 5.13. The maximum Gasteiger partial charge on any atom is 0.110 e. The zero-order valence-electron chi connectivity index (χ0n) is 10.1. The molecule has 86 valence electrons. The van der Waals surface area contributed by atoms with Gasteiger partial charge in [0.05, 0.1) is 11.6 Å². The van der Waals surface area contributed by atoms with Crippen LogP contribution in [0.2, 0.25) is 0 Å². The molecule has 3 nitrogen and oxygen atoms in total. The minimum atomic E-state index is -0.118. The smallest absolute Gasteiger partial charge is 0.110 e. The summed E-state index contributed by atoms with van der Waals surface area (Å²) in [6.07, 6.45) is 0.924. The van der Waals surface area contributed by atoms with Gasteiger partial charge in [0.25, 0.3) is 0 Å². The first-order chi connectivity index (χ1) is 6.98. The van der Waals surface area contributed by atoms with E-state index in [0.29, 0.717) is 0 Å². The van der Waals surface area contributed by atoms with Gasteiger partial charge in [-0.1, -0.05) is 0 Å². The summed E-state index contributed by atoms with van der Waals surface area (Å²) in [6, 6.07) is 0.277. The van der Waals surface area contributed by atoms with Crippen molar-refractivity contribution in [2.24, 2.45) is 0 Å². The molecule has 1 heterocycles. The average Bonchev–Trinajstić information content (AvgIpc) is 2.61. The summed E-state index contributed by atoms with van der Waals surface area (Å²) in [4.78, 5) is 4.50. The van der Waals surface area contributed by atoms with E-state index in [0.717, 1.165) is 17.1 Å². The molecule has 0 spiro atoms. The lowest BCUT2D eigenvalue weighted by atomic mass is 9.99. The third-order valence-electron chi connectivity index (χ3n) is 2.53. The fourth-order valence-corrected chi connectivity index (χ4v) is 2.33. The molecule has 0 radical (unpaired) electrons. The molecule has 1 aromatic rings. The van der Waals surface area contributed by atoms with Gasteiger partial charge in [0.15, 0.2) is 0 Å². The van der Waals surface area contributed by atoms with Crippen molar-refractivity contribution in [1.29, 1.82) is 0 Å². The van der Waals surface area contributed by atoms with Gasteiger partial charge in [0.1, 0.15) is 5.01 Å². The number of methoxy groups -OCH3 is 1. The number of nitrogens with zero attached hydrogens (tertiary/aromatic N) is 1. The minimum absolute atomic E-state index is 0.118. The number of aryl methyl sites for hydroxylation is 1. The summed E-state index contributed by atoms with van der Waals surface area (Å²) >= 11 is 1.70. The second-order valence-electron chi connectivity index (χ2n) is 4.34. The Balaban J connectivity index is 2.72. The molecular weight excluding hydrogens is 208 g/mol. The van der Waals surface area contributed by atoms with Crippen molar-refractivity contribution in [2.75, 3.05) is 14.2 Å². The van der Waals surface area contributed by atoms with Crippen molar-refractivity contribution in [3.05, 3.63) is 16.1 Å². The molecular formula is C11H20N2OS. The van der Waals surface area contributed by atoms with Crippen LogP contribution in [-0.4, -0.2) is 24.7 Å². The summed E-state index contributed by atoms with van der Waals surface area (Å²) in [5, 5.41) is 6.51. The van der Waals surface area contributed by atoms with E-state index in [1.54, 1.807) is 18.4 Å². The minimum Gasteiger partial charge on any atom is -0.379 e. The van der Waals surface area contributed by atoms with Crippen molar-refractivity contribution >= 4 is 11.3 Å². The Morgan fingerprint density at radius 1 is 1.60 bits per heavy atom.